The van der Waals surface area contributed by atoms with Crippen molar-refractivity contribution in [3.63, 3.8) is 0 Å². The zero-order valence-corrected chi connectivity index (χ0v) is 12.7. The van der Waals surface area contributed by atoms with E-state index in [-0.39, 0.29) is 18.6 Å². The highest BCUT2D eigenvalue weighted by atomic mass is 16.5. The highest BCUT2D eigenvalue weighted by Gasteiger charge is 2.11. The molecule has 0 spiro atoms. The van der Waals surface area contributed by atoms with E-state index in [1.54, 1.807) is 21.2 Å². The molecular formula is C15H24N2O3. The smallest absolute Gasteiger partial charge is 0.259 e. The molecule has 0 heterocycles. The Morgan fingerprint density at radius 3 is 2.60 bits per heavy atom. The summed E-state index contributed by atoms with van der Waals surface area (Å²) in [7, 11) is 4.96. The van der Waals surface area contributed by atoms with E-state index in [2.05, 4.69) is 6.92 Å². The van der Waals surface area contributed by atoms with Crippen LogP contribution in [0.5, 0.6) is 11.5 Å². The molecule has 0 radical (unpaired) electrons. The fraction of sp³-hybridized carbons (Fsp3) is 0.533. The molecule has 0 saturated carbocycles. The summed E-state index contributed by atoms with van der Waals surface area (Å²) in [5, 5.41) is 0. The van der Waals surface area contributed by atoms with Crippen LogP contribution in [-0.2, 0) is 11.2 Å². The molecule has 1 atom stereocenters. The molecule has 1 unspecified atom stereocenters. The average molecular weight is 280 g/mol. The summed E-state index contributed by atoms with van der Waals surface area (Å²) < 4.78 is 10.8. The van der Waals surface area contributed by atoms with Gasteiger partial charge in [-0.1, -0.05) is 13.0 Å². The SMILES string of the molecule is CCC(N)Cc1ccc(OC)c(OCC(=O)N(C)C)c1. The van der Waals surface area contributed by atoms with E-state index < -0.39 is 0 Å². The minimum atomic E-state index is -0.0947. The lowest BCUT2D eigenvalue weighted by atomic mass is 10.0. The third-order valence-corrected chi connectivity index (χ3v) is 3.10. The van der Waals surface area contributed by atoms with Crippen molar-refractivity contribution in [3.8, 4) is 11.5 Å². The van der Waals surface area contributed by atoms with E-state index in [0.29, 0.717) is 11.5 Å². The number of carbonyl (C=O) groups is 1. The first-order valence-electron chi connectivity index (χ1n) is 6.73. The van der Waals surface area contributed by atoms with E-state index in [0.717, 1.165) is 18.4 Å². The summed E-state index contributed by atoms with van der Waals surface area (Å²) in [6.45, 7) is 2.05. The van der Waals surface area contributed by atoms with Gasteiger partial charge in [0.15, 0.2) is 18.1 Å². The van der Waals surface area contributed by atoms with Crippen molar-refractivity contribution < 1.29 is 14.3 Å². The van der Waals surface area contributed by atoms with Crippen LogP contribution < -0.4 is 15.2 Å². The number of hydrogen-bond acceptors (Lipinski definition) is 4. The number of carbonyl (C=O) groups excluding carboxylic acids is 1. The molecule has 5 nitrogen and oxygen atoms in total. The predicted octanol–water partition coefficient (Wildman–Crippen LogP) is 1.44. The monoisotopic (exact) mass is 280 g/mol. The van der Waals surface area contributed by atoms with Gasteiger partial charge in [-0.2, -0.15) is 0 Å². The van der Waals surface area contributed by atoms with Crippen molar-refractivity contribution in [1.82, 2.24) is 4.90 Å². The highest BCUT2D eigenvalue weighted by molar-refractivity contribution is 5.77. The minimum absolute atomic E-state index is 0.00730. The number of benzene rings is 1. The molecule has 1 aromatic rings. The number of methoxy groups -OCH3 is 1. The van der Waals surface area contributed by atoms with Crippen LogP contribution in [0, 0.1) is 0 Å². The Balaban J connectivity index is 2.80. The van der Waals surface area contributed by atoms with Gasteiger partial charge in [-0.25, -0.2) is 0 Å². The van der Waals surface area contributed by atoms with Crippen molar-refractivity contribution in [3.05, 3.63) is 23.8 Å². The first-order valence-corrected chi connectivity index (χ1v) is 6.73. The van der Waals surface area contributed by atoms with Crippen LogP contribution in [0.25, 0.3) is 0 Å². The molecule has 112 valence electrons. The van der Waals surface area contributed by atoms with Gasteiger partial charge in [0.2, 0.25) is 0 Å². The van der Waals surface area contributed by atoms with E-state index in [1.165, 1.54) is 4.90 Å². The Morgan fingerprint density at radius 2 is 2.05 bits per heavy atom. The first kappa shape index (κ1) is 16.3. The largest absolute Gasteiger partial charge is 0.493 e. The van der Waals surface area contributed by atoms with Crippen LogP contribution in [0.15, 0.2) is 18.2 Å². The molecular weight excluding hydrogens is 256 g/mol. The van der Waals surface area contributed by atoms with Crippen LogP contribution in [0.3, 0.4) is 0 Å². The molecule has 1 amide bonds. The molecule has 5 heteroatoms. The topological polar surface area (TPSA) is 64.8 Å². The Hall–Kier alpha value is -1.75. The Bertz CT molecular complexity index is 447. The van der Waals surface area contributed by atoms with Crippen molar-refractivity contribution in [1.29, 1.82) is 0 Å². The number of nitrogens with two attached hydrogens (primary N) is 1. The number of rotatable bonds is 7. The second-order valence-electron chi connectivity index (χ2n) is 4.93. The quantitative estimate of drug-likeness (QED) is 0.821. The van der Waals surface area contributed by atoms with Crippen LogP contribution in [0.4, 0.5) is 0 Å². The fourth-order valence-electron chi connectivity index (χ4n) is 1.68. The molecule has 0 aliphatic heterocycles. The molecule has 0 aromatic heterocycles. The first-order chi connectivity index (χ1) is 9.47. The standard InChI is InChI=1S/C15H24N2O3/c1-5-12(16)8-11-6-7-13(19-4)14(9-11)20-10-15(18)17(2)3/h6-7,9,12H,5,8,10,16H2,1-4H3. The lowest BCUT2D eigenvalue weighted by Crippen LogP contribution is -2.27. The van der Waals surface area contributed by atoms with Crippen molar-refractivity contribution in [2.75, 3.05) is 27.8 Å². The summed E-state index contributed by atoms with van der Waals surface area (Å²) in [5.41, 5.74) is 7.03. The van der Waals surface area contributed by atoms with Crippen LogP contribution in [0.2, 0.25) is 0 Å². The van der Waals surface area contributed by atoms with Gasteiger partial charge in [0.1, 0.15) is 0 Å². The average Bonchev–Trinajstić information content (AvgIpc) is 2.44. The number of ether oxygens (including phenoxy) is 2. The summed E-state index contributed by atoms with van der Waals surface area (Å²) in [6, 6.07) is 5.82. The number of amides is 1. The Morgan fingerprint density at radius 1 is 1.35 bits per heavy atom. The summed E-state index contributed by atoms with van der Waals surface area (Å²) in [5.74, 6) is 1.09. The van der Waals surface area contributed by atoms with Gasteiger partial charge in [-0.15, -0.1) is 0 Å². The Labute approximate surface area is 120 Å². The van der Waals surface area contributed by atoms with Crippen LogP contribution >= 0.6 is 0 Å². The fourth-order valence-corrected chi connectivity index (χ4v) is 1.68. The summed E-state index contributed by atoms with van der Waals surface area (Å²) in [6.07, 6.45) is 1.69. The van der Waals surface area contributed by atoms with E-state index in [4.69, 9.17) is 15.2 Å². The zero-order valence-electron chi connectivity index (χ0n) is 12.7. The second-order valence-corrected chi connectivity index (χ2v) is 4.93. The third kappa shape index (κ3) is 4.74. The molecule has 0 aliphatic carbocycles. The van der Waals surface area contributed by atoms with Crippen molar-refractivity contribution in [2.45, 2.75) is 25.8 Å². The summed E-state index contributed by atoms with van der Waals surface area (Å²) in [4.78, 5) is 13.1. The molecule has 20 heavy (non-hydrogen) atoms. The van der Waals surface area contributed by atoms with E-state index in [1.807, 2.05) is 18.2 Å². The third-order valence-electron chi connectivity index (χ3n) is 3.10. The van der Waals surface area contributed by atoms with Gasteiger partial charge in [0.25, 0.3) is 5.91 Å². The normalized spacial score (nSPS) is 11.8. The van der Waals surface area contributed by atoms with Gasteiger partial charge in [-0.3, -0.25) is 4.79 Å². The lowest BCUT2D eigenvalue weighted by Gasteiger charge is -2.15. The predicted molar refractivity (Wildman–Crippen MR) is 79.2 cm³/mol. The van der Waals surface area contributed by atoms with E-state index >= 15 is 0 Å². The van der Waals surface area contributed by atoms with Crippen LogP contribution in [-0.4, -0.2) is 44.7 Å². The maximum absolute atomic E-state index is 11.6. The van der Waals surface area contributed by atoms with Gasteiger partial charge >= 0.3 is 0 Å². The van der Waals surface area contributed by atoms with E-state index in [9.17, 15) is 4.79 Å². The highest BCUT2D eigenvalue weighted by Crippen LogP contribution is 2.28. The number of likely N-dealkylation sites (N-methyl/N-ethyl adjacent to an activating group) is 1. The Kier molecular flexibility index (Phi) is 6.31. The minimum Gasteiger partial charge on any atom is -0.493 e. The molecule has 0 saturated heterocycles. The van der Waals surface area contributed by atoms with Gasteiger partial charge in [0.05, 0.1) is 7.11 Å². The molecule has 1 aromatic carbocycles. The molecule has 0 aliphatic rings. The summed E-state index contributed by atoms with van der Waals surface area (Å²) >= 11 is 0. The molecule has 1 rings (SSSR count). The van der Waals surface area contributed by atoms with Crippen LogP contribution in [0.1, 0.15) is 18.9 Å². The van der Waals surface area contributed by atoms with Gasteiger partial charge in [-0.05, 0) is 30.5 Å². The van der Waals surface area contributed by atoms with Crippen molar-refractivity contribution in [2.24, 2.45) is 5.73 Å². The molecule has 0 bridgehead atoms. The van der Waals surface area contributed by atoms with Crippen molar-refractivity contribution >= 4 is 5.91 Å². The molecule has 2 N–H and O–H groups in total. The van der Waals surface area contributed by atoms with Gasteiger partial charge in [0, 0.05) is 20.1 Å². The number of hydrogen-bond donors (Lipinski definition) is 1. The zero-order chi connectivity index (χ0) is 15.1. The second kappa shape index (κ2) is 7.75. The van der Waals surface area contributed by atoms with Gasteiger partial charge < -0.3 is 20.1 Å². The maximum Gasteiger partial charge on any atom is 0.259 e. The molecule has 0 fully saturated rings. The maximum atomic E-state index is 11.6. The lowest BCUT2D eigenvalue weighted by molar-refractivity contribution is -0.130. The number of nitrogens with zero attached hydrogens (tertiary/aromatic N) is 1.